The summed E-state index contributed by atoms with van der Waals surface area (Å²) >= 11 is 6.02. The summed E-state index contributed by atoms with van der Waals surface area (Å²) in [5.41, 5.74) is 2.40. The van der Waals surface area contributed by atoms with E-state index in [1.165, 1.54) is 14.2 Å². The number of halogens is 1. The molecule has 1 heterocycles. The lowest BCUT2D eigenvalue weighted by atomic mass is 10.1. The van der Waals surface area contributed by atoms with Crippen LogP contribution < -0.4 is 9.64 Å². The molecule has 194 valence electrons. The average Bonchev–Trinajstić information content (AvgIpc) is 2.87. The maximum Gasteiger partial charge on any atom is 0.361 e. The third kappa shape index (κ3) is 7.17. The number of benzene rings is 2. The largest absolute Gasteiger partial charge is 0.464 e. The summed E-state index contributed by atoms with van der Waals surface area (Å²) in [6.45, 7) is 3.82. The Hall–Kier alpha value is -4.18. The highest BCUT2D eigenvalue weighted by atomic mass is 35.5. The summed E-state index contributed by atoms with van der Waals surface area (Å²) in [7, 11) is 6.13. The Morgan fingerprint density at radius 2 is 1.81 bits per heavy atom. The Kier molecular flexibility index (Phi) is 9.39. The van der Waals surface area contributed by atoms with Crippen LogP contribution in [0.4, 0.5) is 5.82 Å². The maximum atomic E-state index is 12.5. The van der Waals surface area contributed by atoms with Crippen molar-refractivity contribution in [3.05, 3.63) is 76.1 Å². The molecule has 3 rings (SSSR count). The number of esters is 1. The molecule has 0 saturated carbocycles. The minimum absolute atomic E-state index is 0.112. The first-order valence-corrected chi connectivity index (χ1v) is 11.6. The van der Waals surface area contributed by atoms with E-state index in [4.69, 9.17) is 30.7 Å². The molecule has 0 spiro atoms. The minimum atomic E-state index is -0.726. The Morgan fingerprint density at radius 3 is 2.49 bits per heavy atom. The first kappa shape index (κ1) is 27.4. The van der Waals surface area contributed by atoms with Crippen molar-refractivity contribution in [3.8, 4) is 11.6 Å². The number of carbonyl (C=O) groups excluding carboxylic acids is 1. The molecule has 10 nitrogen and oxygen atoms in total. The van der Waals surface area contributed by atoms with E-state index in [1.54, 1.807) is 44.1 Å². The van der Waals surface area contributed by atoms with Crippen LogP contribution in [0.5, 0.6) is 11.6 Å². The molecule has 37 heavy (non-hydrogen) atoms. The molecule has 2 aromatic carbocycles. The van der Waals surface area contributed by atoms with E-state index in [2.05, 4.69) is 20.3 Å². The highest BCUT2D eigenvalue weighted by Crippen LogP contribution is 2.31. The third-order valence-corrected chi connectivity index (χ3v) is 5.21. The fourth-order valence-electron chi connectivity index (χ4n) is 3.29. The second-order valence-corrected chi connectivity index (χ2v) is 8.43. The third-order valence-electron chi connectivity index (χ3n) is 4.98. The van der Waals surface area contributed by atoms with Crippen molar-refractivity contribution in [1.29, 1.82) is 0 Å². The summed E-state index contributed by atoms with van der Waals surface area (Å²) in [4.78, 5) is 33.5. The Morgan fingerprint density at radius 1 is 1.05 bits per heavy atom. The lowest BCUT2D eigenvalue weighted by Gasteiger charge is -2.19. The molecule has 0 aliphatic heterocycles. The molecule has 0 unspecified atom stereocenters. The summed E-state index contributed by atoms with van der Waals surface area (Å²) in [5, 5.41) is 8.71. The first-order valence-electron chi connectivity index (χ1n) is 11.2. The van der Waals surface area contributed by atoms with Gasteiger partial charge in [0.25, 0.3) is 0 Å². The molecule has 1 aromatic heterocycles. The van der Waals surface area contributed by atoms with Crippen LogP contribution in [0.2, 0.25) is 5.02 Å². The first-order chi connectivity index (χ1) is 17.7. The van der Waals surface area contributed by atoms with E-state index in [0.717, 1.165) is 11.1 Å². The summed E-state index contributed by atoms with van der Waals surface area (Å²) in [5.74, 6) is 0.684. The molecular weight excluding hydrogens is 498 g/mol. The normalized spacial score (nSPS) is 11.6. The quantitative estimate of drug-likeness (QED) is 0.212. The Balaban J connectivity index is 1.93. The SMILES string of the molecule is CO/N=C(\C(=O)OC)c1c(Oc2cccc(/C(C)=N/OCc3cccc(Cl)c3)c2)nc(C)nc1N(C)C. The number of methoxy groups -OCH3 is 1. The zero-order valence-corrected chi connectivity index (χ0v) is 22.2. The van der Waals surface area contributed by atoms with E-state index >= 15 is 0 Å². The van der Waals surface area contributed by atoms with Crippen molar-refractivity contribution in [2.24, 2.45) is 10.3 Å². The molecule has 3 aromatic rings. The summed E-state index contributed by atoms with van der Waals surface area (Å²) in [6.07, 6.45) is 0. The van der Waals surface area contributed by atoms with Gasteiger partial charge in [0.2, 0.25) is 11.6 Å². The van der Waals surface area contributed by atoms with Crippen LogP contribution >= 0.6 is 11.6 Å². The van der Waals surface area contributed by atoms with Crippen LogP contribution in [0.25, 0.3) is 0 Å². The average molecular weight is 526 g/mol. The molecule has 0 aliphatic rings. The number of carbonyl (C=O) groups is 1. The zero-order chi connectivity index (χ0) is 26.9. The van der Waals surface area contributed by atoms with Crippen LogP contribution in [0.15, 0.2) is 58.8 Å². The van der Waals surface area contributed by atoms with Gasteiger partial charge in [-0.15, -0.1) is 0 Å². The Labute approximate surface area is 220 Å². The van der Waals surface area contributed by atoms with Crippen LogP contribution in [0, 0.1) is 6.92 Å². The van der Waals surface area contributed by atoms with E-state index < -0.39 is 5.97 Å². The van der Waals surface area contributed by atoms with Crippen molar-refractivity contribution in [2.45, 2.75) is 20.5 Å². The van der Waals surface area contributed by atoms with Gasteiger partial charge >= 0.3 is 5.97 Å². The van der Waals surface area contributed by atoms with E-state index in [0.29, 0.717) is 28.1 Å². The molecule has 0 N–H and O–H groups in total. The monoisotopic (exact) mass is 525 g/mol. The lowest BCUT2D eigenvalue weighted by molar-refractivity contribution is -0.132. The van der Waals surface area contributed by atoms with Crippen LogP contribution in [0.3, 0.4) is 0 Å². The Bertz CT molecular complexity index is 1330. The van der Waals surface area contributed by atoms with E-state index in [1.807, 2.05) is 37.3 Å². The molecule has 0 fully saturated rings. The van der Waals surface area contributed by atoms with Crippen molar-refractivity contribution >= 4 is 34.8 Å². The highest BCUT2D eigenvalue weighted by Gasteiger charge is 2.28. The van der Waals surface area contributed by atoms with Crippen molar-refractivity contribution < 1.29 is 23.9 Å². The standard InChI is InChI=1S/C26H28ClN5O5/c1-16(30-36-15-18-9-7-11-20(27)13-18)19-10-8-12-21(14-19)37-25-22(23(31-35-6)26(33)34-5)24(32(3)4)28-17(2)29-25/h7-14H,15H2,1-6H3/b30-16+,31-23-. The summed E-state index contributed by atoms with van der Waals surface area (Å²) in [6, 6.07) is 14.6. The lowest BCUT2D eigenvalue weighted by Crippen LogP contribution is -2.24. The van der Waals surface area contributed by atoms with Gasteiger partial charge in [0, 0.05) is 24.7 Å². The molecule has 0 atom stereocenters. The van der Waals surface area contributed by atoms with E-state index in [-0.39, 0.29) is 23.8 Å². The molecule has 0 aliphatic carbocycles. The fraction of sp³-hybridized carbons (Fsp3) is 0.269. The van der Waals surface area contributed by atoms with E-state index in [9.17, 15) is 4.79 Å². The van der Waals surface area contributed by atoms with Crippen molar-refractivity contribution in [1.82, 2.24) is 9.97 Å². The molecule has 0 radical (unpaired) electrons. The predicted octanol–water partition coefficient (Wildman–Crippen LogP) is 4.76. The fourth-order valence-corrected chi connectivity index (χ4v) is 3.50. The van der Waals surface area contributed by atoms with Gasteiger partial charge in [-0.3, -0.25) is 0 Å². The second kappa shape index (κ2) is 12.7. The molecular formula is C26H28ClN5O5. The van der Waals surface area contributed by atoms with Gasteiger partial charge in [0.05, 0.1) is 12.8 Å². The minimum Gasteiger partial charge on any atom is -0.464 e. The predicted molar refractivity (Wildman–Crippen MR) is 142 cm³/mol. The van der Waals surface area contributed by atoms with Gasteiger partial charge in [0.15, 0.2) is 0 Å². The van der Waals surface area contributed by atoms with Crippen molar-refractivity contribution in [3.63, 3.8) is 0 Å². The smallest absolute Gasteiger partial charge is 0.361 e. The number of hydrogen-bond donors (Lipinski definition) is 0. The highest BCUT2D eigenvalue weighted by molar-refractivity contribution is 6.44. The topological polar surface area (TPSA) is 108 Å². The number of hydrogen-bond acceptors (Lipinski definition) is 10. The number of aromatic nitrogens is 2. The summed E-state index contributed by atoms with van der Waals surface area (Å²) < 4.78 is 11.0. The zero-order valence-electron chi connectivity index (χ0n) is 21.5. The molecule has 11 heteroatoms. The molecule has 0 bridgehead atoms. The van der Waals surface area contributed by atoms with Gasteiger partial charge < -0.3 is 24.0 Å². The van der Waals surface area contributed by atoms with Crippen LogP contribution in [-0.4, -0.2) is 55.7 Å². The van der Waals surface area contributed by atoms with Crippen LogP contribution in [-0.2, 0) is 25.8 Å². The van der Waals surface area contributed by atoms with Gasteiger partial charge in [-0.2, -0.15) is 4.98 Å². The maximum absolute atomic E-state index is 12.5. The molecule has 0 amide bonds. The number of rotatable bonds is 10. The number of anilines is 1. The van der Waals surface area contributed by atoms with Gasteiger partial charge in [0.1, 0.15) is 36.7 Å². The number of aryl methyl sites for hydroxylation is 1. The number of nitrogens with zero attached hydrogens (tertiary/aromatic N) is 5. The molecule has 0 saturated heterocycles. The van der Waals surface area contributed by atoms with Crippen LogP contribution in [0.1, 0.15) is 29.4 Å². The van der Waals surface area contributed by atoms with Crippen molar-refractivity contribution in [2.75, 3.05) is 33.2 Å². The van der Waals surface area contributed by atoms with Gasteiger partial charge in [-0.05, 0) is 43.7 Å². The number of ether oxygens (including phenoxy) is 2. The second-order valence-electron chi connectivity index (χ2n) is 7.99. The van der Waals surface area contributed by atoms with Gasteiger partial charge in [-0.25, -0.2) is 9.78 Å². The number of oxime groups is 2. The van der Waals surface area contributed by atoms with Gasteiger partial charge in [-0.1, -0.05) is 46.2 Å².